The molecule has 4 nitrogen and oxygen atoms in total. The van der Waals surface area contributed by atoms with Crippen LogP contribution in [0.5, 0.6) is 0 Å². The van der Waals surface area contributed by atoms with E-state index in [-0.39, 0.29) is 23.7 Å². The molecule has 2 aliphatic heterocycles. The van der Waals surface area contributed by atoms with Gasteiger partial charge in [-0.15, -0.1) is 0 Å². The van der Waals surface area contributed by atoms with Gasteiger partial charge >= 0.3 is 0 Å². The number of nitrogens with one attached hydrogen (secondary N) is 1. The molecule has 0 bridgehead atoms. The molecule has 0 unspecified atom stereocenters. The van der Waals surface area contributed by atoms with Crippen LogP contribution in [0.3, 0.4) is 0 Å². The highest BCUT2D eigenvalue weighted by atomic mass is 16.2. The Labute approximate surface area is 90.0 Å². The highest BCUT2D eigenvalue weighted by molar-refractivity contribution is 6.05. The lowest BCUT2D eigenvalue weighted by Crippen LogP contribution is -2.35. The minimum atomic E-state index is -0.0790. The normalized spacial score (nSPS) is 30.5. The van der Waals surface area contributed by atoms with Gasteiger partial charge in [0.25, 0.3) is 0 Å². The number of imide groups is 1. The predicted molar refractivity (Wildman–Crippen MR) is 56.0 cm³/mol. The molecule has 0 radical (unpaired) electrons. The first-order valence-corrected chi connectivity index (χ1v) is 5.67. The van der Waals surface area contributed by atoms with Gasteiger partial charge in [0.1, 0.15) is 0 Å². The van der Waals surface area contributed by atoms with E-state index < -0.39 is 0 Å². The van der Waals surface area contributed by atoms with Crippen LogP contribution in [-0.2, 0) is 9.59 Å². The van der Waals surface area contributed by atoms with Gasteiger partial charge in [-0.1, -0.05) is 13.8 Å². The minimum absolute atomic E-state index is 0.0376. The summed E-state index contributed by atoms with van der Waals surface area (Å²) in [5, 5.41) is 3.10. The zero-order valence-electron chi connectivity index (χ0n) is 9.32. The van der Waals surface area contributed by atoms with Crippen molar-refractivity contribution < 1.29 is 9.59 Å². The Kier molecular flexibility index (Phi) is 2.78. The highest BCUT2D eigenvalue weighted by Gasteiger charge is 2.49. The van der Waals surface area contributed by atoms with Crippen LogP contribution in [0.4, 0.5) is 0 Å². The maximum atomic E-state index is 11.9. The summed E-state index contributed by atoms with van der Waals surface area (Å²) in [5.41, 5.74) is 0. The van der Waals surface area contributed by atoms with Crippen LogP contribution in [0, 0.1) is 17.8 Å². The quantitative estimate of drug-likeness (QED) is 0.679. The van der Waals surface area contributed by atoms with Gasteiger partial charge in [0.2, 0.25) is 11.8 Å². The first-order chi connectivity index (χ1) is 7.11. The van der Waals surface area contributed by atoms with Gasteiger partial charge in [0.05, 0.1) is 11.8 Å². The Morgan fingerprint density at radius 3 is 2.27 bits per heavy atom. The average Bonchev–Trinajstić information content (AvgIpc) is 2.71. The van der Waals surface area contributed by atoms with Crippen LogP contribution in [0.25, 0.3) is 0 Å². The summed E-state index contributed by atoms with van der Waals surface area (Å²) in [5.74, 6) is 0.449. The molecular formula is C11H18N2O2. The fraction of sp³-hybridized carbons (Fsp3) is 0.818. The lowest BCUT2D eigenvalue weighted by Gasteiger charge is -2.16. The van der Waals surface area contributed by atoms with E-state index in [4.69, 9.17) is 0 Å². The maximum absolute atomic E-state index is 11.9. The zero-order valence-corrected chi connectivity index (χ0v) is 9.32. The second-order valence-electron chi connectivity index (χ2n) is 4.88. The van der Waals surface area contributed by atoms with Crippen LogP contribution in [0.15, 0.2) is 0 Å². The van der Waals surface area contributed by atoms with Crippen molar-refractivity contribution in [1.29, 1.82) is 0 Å². The van der Waals surface area contributed by atoms with E-state index in [0.717, 1.165) is 6.42 Å². The number of nitrogens with zero attached hydrogens (tertiary/aromatic N) is 1. The van der Waals surface area contributed by atoms with Crippen molar-refractivity contribution >= 4 is 11.8 Å². The number of carbonyl (C=O) groups is 2. The second kappa shape index (κ2) is 3.93. The molecule has 2 amide bonds. The molecular weight excluding hydrogens is 192 g/mol. The van der Waals surface area contributed by atoms with Gasteiger partial charge in [-0.2, -0.15) is 0 Å². The summed E-state index contributed by atoms with van der Waals surface area (Å²) in [6, 6.07) is 0. The Hall–Kier alpha value is -0.900. The van der Waals surface area contributed by atoms with Crippen molar-refractivity contribution in [2.45, 2.75) is 20.3 Å². The molecule has 2 rings (SSSR count). The molecule has 1 N–H and O–H groups in total. The number of rotatable bonds is 3. The first-order valence-electron chi connectivity index (χ1n) is 5.67. The largest absolute Gasteiger partial charge is 0.315 e. The average molecular weight is 210 g/mol. The number of amides is 2. The SMILES string of the molecule is CC(C)CCN1C(=O)[C@H]2CNC[C@@H]2C1=O. The van der Waals surface area contributed by atoms with Crippen molar-refractivity contribution in [2.75, 3.05) is 19.6 Å². The summed E-state index contributed by atoms with van der Waals surface area (Å²) in [6.45, 7) is 6.16. The molecule has 2 aliphatic rings. The maximum Gasteiger partial charge on any atom is 0.234 e. The number of hydrogen-bond acceptors (Lipinski definition) is 3. The van der Waals surface area contributed by atoms with Crippen LogP contribution in [-0.4, -0.2) is 36.3 Å². The molecule has 0 spiro atoms. The molecule has 0 aliphatic carbocycles. The smallest absolute Gasteiger partial charge is 0.234 e. The van der Waals surface area contributed by atoms with Crippen molar-refractivity contribution in [3.63, 3.8) is 0 Å². The molecule has 2 saturated heterocycles. The fourth-order valence-electron chi connectivity index (χ4n) is 2.31. The molecule has 0 aromatic carbocycles. The number of likely N-dealkylation sites (tertiary alicyclic amines) is 1. The summed E-state index contributed by atoms with van der Waals surface area (Å²) in [7, 11) is 0. The minimum Gasteiger partial charge on any atom is -0.315 e. The lowest BCUT2D eigenvalue weighted by atomic mass is 10.00. The summed E-state index contributed by atoms with van der Waals surface area (Å²) < 4.78 is 0. The van der Waals surface area contributed by atoms with E-state index in [2.05, 4.69) is 19.2 Å². The van der Waals surface area contributed by atoms with Gasteiger partial charge in [-0.25, -0.2) is 0 Å². The van der Waals surface area contributed by atoms with Gasteiger partial charge in [-0.3, -0.25) is 14.5 Å². The van der Waals surface area contributed by atoms with Crippen molar-refractivity contribution in [2.24, 2.45) is 17.8 Å². The molecule has 2 fully saturated rings. The van der Waals surface area contributed by atoms with Crippen LogP contribution in [0.2, 0.25) is 0 Å². The van der Waals surface area contributed by atoms with Gasteiger partial charge in [-0.05, 0) is 12.3 Å². The topological polar surface area (TPSA) is 49.4 Å². The van der Waals surface area contributed by atoms with E-state index in [1.54, 1.807) is 0 Å². The first kappa shape index (κ1) is 10.6. The van der Waals surface area contributed by atoms with Gasteiger partial charge in [0, 0.05) is 19.6 Å². The third kappa shape index (κ3) is 1.78. The second-order valence-corrected chi connectivity index (χ2v) is 4.88. The van der Waals surface area contributed by atoms with Gasteiger partial charge in [0.15, 0.2) is 0 Å². The summed E-state index contributed by atoms with van der Waals surface area (Å²) >= 11 is 0. The van der Waals surface area contributed by atoms with Crippen LogP contribution >= 0.6 is 0 Å². The molecule has 2 heterocycles. The van der Waals surface area contributed by atoms with Gasteiger partial charge < -0.3 is 5.32 Å². The molecule has 0 saturated carbocycles. The van der Waals surface area contributed by atoms with E-state index in [1.807, 2.05) is 0 Å². The third-order valence-corrected chi connectivity index (χ3v) is 3.31. The standard InChI is InChI=1S/C11H18N2O2/c1-7(2)3-4-13-10(14)8-5-12-6-9(8)11(13)15/h7-9,12H,3-6H2,1-2H3/t8-,9-/m0/s1. The van der Waals surface area contributed by atoms with E-state index in [0.29, 0.717) is 25.6 Å². The molecule has 0 aromatic heterocycles. The number of fused-ring (bicyclic) bond motifs is 1. The Balaban J connectivity index is 2.01. The molecule has 4 heteroatoms. The van der Waals surface area contributed by atoms with Crippen LogP contribution in [0.1, 0.15) is 20.3 Å². The van der Waals surface area contributed by atoms with Crippen molar-refractivity contribution in [3.8, 4) is 0 Å². The lowest BCUT2D eigenvalue weighted by molar-refractivity contribution is -0.140. The van der Waals surface area contributed by atoms with Crippen molar-refractivity contribution in [1.82, 2.24) is 10.2 Å². The number of carbonyl (C=O) groups excluding carboxylic acids is 2. The molecule has 15 heavy (non-hydrogen) atoms. The van der Waals surface area contributed by atoms with Crippen LogP contribution < -0.4 is 5.32 Å². The zero-order chi connectivity index (χ0) is 11.0. The van der Waals surface area contributed by atoms with Crippen molar-refractivity contribution in [3.05, 3.63) is 0 Å². The Morgan fingerprint density at radius 2 is 1.80 bits per heavy atom. The molecule has 84 valence electrons. The molecule has 0 aromatic rings. The third-order valence-electron chi connectivity index (χ3n) is 3.31. The van der Waals surface area contributed by atoms with E-state index >= 15 is 0 Å². The highest BCUT2D eigenvalue weighted by Crippen LogP contribution is 2.29. The summed E-state index contributed by atoms with van der Waals surface area (Å²) in [4.78, 5) is 25.2. The van der Waals surface area contributed by atoms with E-state index in [1.165, 1.54) is 4.90 Å². The number of hydrogen-bond donors (Lipinski definition) is 1. The monoisotopic (exact) mass is 210 g/mol. The summed E-state index contributed by atoms with van der Waals surface area (Å²) in [6.07, 6.45) is 0.907. The Bertz CT molecular complexity index is 266. The Morgan fingerprint density at radius 1 is 1.27 bits per heavy atom. The fourth-order valence-corrected chi connectivity index (χ4v) is 2.31. The predicted octanol–water partition coefficient (Wildman–Crippen LogP) is 0.237. The molecule has 2 atom stereocenters. The van der Waals surface area contributed by atoms with E-state index in [9.17, 15) is 9.59 Å².